The van der Waals surface area contributed by atoms with Crippen molar-refractivity contribution in [1.29, 1.82) is 0 Å². The van der Waals surface area contributed by atoms with Gasteiger partial charge in [-0.05, 0) is 25.5 Å². The van der Waals surface area contributed by atoms with E-state index in [2.05, 4.69) is 54.4 Å². The summed E-state index contributed by atoms with van der Waals surface area (Å²) in [4.78, 5) is 2.42. The number of benzene rings is 1. The molecule has 2 rings (SSSR count). The molecule has 14 heavy (non-hydrogen) atoms. The van der Waals surface area contributed by atoms with Crippen LogP contribution in [0.2, 0.25) is 0 Å². The Balaban J connectivity index is 1.94. The van der Waals surface area contributed by atoms with Gasteiger partial charge in [0.05, 0.1) is 0 Å². The van der Waals surface area contributed by atoms with Gasteiger partial charge in [-0.15, -0.1) is 0 Å². The third-order valence-electron chi connectivity index (χ3n) is 2.83. The monoisotopic (exact) mass is 187 g/mol. The molecular formula is C13H17N. The standard InChI is InChI=1S/C13H17N/c1-14(13-9-5-6-10-13)11-12-7-3-2-4-8-12/h2-5,7-9,13H,6,10-11H2,1H3. The molecule has 0 saturated carbocycles. The fourth-order valence-electron chi connectivity index (χ4n) is 1.97. The molecule has 0 heterocycles. The molecule has 0 radical (unpaired) electrons. The van der Waals surface area contributed by atoms with E-state index in [-0.39, 0.29) is 0 Å². The van der Waals surface area contributed by atoms with Crippen molar-refractivity contribution in [2.45, 2.75) is 25.4 Å². The van der Waals surface area contributed by atoms with Gasteiger partial charge in [-0.25, -0.2) is 0 Å². The zero-order chi connectivity index (χ0) is 9.80. The van der Waals surface area contributed by atoms with Crippen LogP contribution in [0.3, 0.4) is 0 Å². The van der Waals surface area contributed by atoms with Crippen molar-refractivity contribution in [1.82, 2.24) is 4.90 Å². The topological polar surface area (TPSA) is 3.24 Å². The van der Waals surface area contributed by atoms with Gasteiger partial charge in [0.15, 0.2) is 0 Å². The number of nitrogens with zero attached hydrogens (tertiary/aromatic N) is 1. The molecule has 74 valence electrons. The van der Waals surface area contributed by atoms with Crippen molar-refractivity contribution in [3.05, 3.63) is 48.0 Å². The van der Waals surface area contributed by atoms with Crippen LogP contribution < -0.4 is 0 Å². The van der Waals surface area contributed by atoms with Gasteiger partial charge in [0.25, 0.3) is 0 Å². The maximum absolute atomic E-state index is 2.42. The van der Waals surface area contributed by atoms with Crippen molar-refractivity contribution < 1.29 is 0 Å². The summed E-state index contributed by atoms with van der Waals surface area (Å²) in [5.41, 5.74) is 1.40. The van der Waals surface area contributed by atoms with E-state index >= 15 is 0 Å². The summed E-state index contributed by atoms with van der Waals surface area (Å²) in [6.07, 6.45) is 7.13. The molecule has 1 aromatic carbocycles. The molecule has 0 aliphatic heterocycles. The number of rotatable bonds is 3. The molecule has 0 fully saturated rings. The summed E-state index contributed by atoms with van der Waals surface area (Å²) in [5, 5.41) is 0. The van der Waals surface area contributed by atoms with E-state index < -0.39 is 0 Å². The molecule has 1 aromatic rings. The third kappa shape index (κ3) is 2.24. The first-order valence-electron chi connectivity index (χ1n) is 5.27. The van der Waals surface area contributed by atoms with Gasteiger partial charge in [-0.3, -0.25) is 4.90 Å². The molecule has 1 aliphatic rings. The lowest BCUT2D eigenvalue weighted by atomic mass is 10.2. The predicted molar refractivity (Wildman–Crippen MR) is 60.1 cm³/mol. The van der Waals surface area contributed by atoms with Crippen molar-refractivity contribution in [2.75, 3.05) is 7.05 Å². The maximum Gasteiger partial charge on any atom is 0.0281 e. The lowest BCUT2D eigenvalue weighted by molar-refractivity contribution is 0.271. The van der Waals surface area contributed by atoms with Gasteiger partial charge < -0.3 is 0 Å². The van der Waals surface area contributed by atoms with E-state index in [1.165, 1.54) is 18.4 Å². The fourth-order valence-corrected chi connectivity index (χ4v) is 1.97. The lowest BCUT2D eigenvalue weighted by Crippen LogP contribution is -2.27. The first-order chi connectivity index (χ1) is 6.86. The van der Waals surface area contributed by atoms with Crippen molar-refractivity contribution in [2.24, 2.45) is 0 Å². The van der Waals surface area contributed by atoms with Gasteiger partial charge in [0.2, 0.25) is 0 Å². The smallest absolute Gasteiger partial charge is 0.0281 e. The highest BCUT2D eigenvalue weighted by Crippen LogP contribution is 2.16. The second-order valence-corrected chi connectivity index (χ2v) is 3.97. The lowest BCUT2D eigenvalue weighted by Gasteiger charge is -2.22. The summed E-state index contributed by atoms with van der Waals surface area (Å²) in [6, 6.07) is 11.3. The van der Waals surface area contributed by atoms with Crippen LogP contribution in [0.25, 0.3) is 0 Å². The second kappa shape index (κ2) is 4.43. The maximum atomic E-state index is 2.42. The van der Waals surface area contributed by atoms with E-state index in [1.54, 1.807) is 0 Å². The fraction of sp³-hybridized carbons (Fsp3) is 0.385. The number of hydrogen-bond acceptors (Lipinski definition) is 1. The minimum Gasteiger partial charge on any atom is -0.296 e. The Kier molecular flexibility index (Phi) is 3.00. The summed E-state index contributed by atoms with van der Waals surface area (Å²) < 4.78 is 0. The predicted octanol–water partition coefficient (Wildman–Crippen LogP) is 2.84. The van der Waals surface area contributed by atoms with E-state index in [0.29, 0.717) is 6.04 Å². The second-order valence-electron chi connectivity index (χ2n) is 3.97. The van der Waals surface area contributed by atoms with E-state index in [1.807, 2.05) is 0 Å². The quantitative estimate of drug-likeness (QED) is 0.658. The Morgan fingerprint density at radius 2 is 2.07 bits per heavy atom. The minimum atomic E-state index is 0.648. The first kappa shape index (κ1) is 9.47. The van der Waals surface area contributed by atoms with Gasteiger partial charge >= 0.3 is 0 Å². The molecule has 0 bridgehead atoms. The van der Waals surface area contributed by atoms with E-state index in [4.69, 9.17) is 0 Å². The first-order valence-corrected chi connectivity index (χ1v) is 5.27. The van der Waals surface area contributed by atoms with Crippen LogP contribution >= 0.6 is 0 Å². The number of likely N-dealkylation sites (N-methyl/N-ethyl adjacent to an activating group) is 1. The van der Waals surface area contributed by atoms with Crippen LogP contribution in [0.1, 0.15) is 18.4 Å². The van der Waals surface area contributed by atoms with Crippen LogP contribution in [0, 0.1) is 0 Å². The van der Waals surface area contributed by atoms with Crippen molar-refractivity contribution in [3.8, 4) is 0 Å². The Bertz CT molecular complexity index is 302. The summed E-state index contributed by atoms with van der Waals surface area (Å²) in [7, 11) is 2.20. The Morgan fingerprint density at radius 3 is 2.71 bits per heavy atom. The van der Waals surface area contributed by atoms with Crippen LogP contribution in [0.5, 0.6) is 0 Å². The molecule has 0 amide bonds. The Morgan fingerprint density at radius 1 is 1.29 bits per heavy atom. The average Bonchev–Trinajstić information content (AvgIpc) is 2.72. The zero-order valence-electron chi connectivity index (χ0n) is 8.69. The van der Waals surface area contributed by atoms with Crippen LogP contribution in [-0.2, 0) is 6.54 Å². The number of hydrogen-bond donors (Lipinski definition) is 0. The largest absolute Gasteiger partial charge is 0.296 e. The molecule has 1 unspecified atom stereocenters. The molecule has 1 atom stereocenters. The Hall–Kier alpha value is -1.08. The molecular weight excluding hydrogens is 170 g/mol. The van der Waals surface area contributed by atoms with Gasteiger partial charge in [0, 0.05) is 12.6 Å². The van der Waals surface area contributed by atoms with E-state index in [0.717, 1.165) is 6.54 Å². The highest BCUT2D eigenvalue weighted by Gasteiger charge is 2.14. The highest BCUT2D eigenvalue weighted by atomic mass is 15.1. The van der Waals surface area contributed by atoms with Crippen LogP contribution in [0.4, 0.5) is 0 Å². The summed E-state index contributed by atoms with van der Waals surface area (Å²) in [5.74, 6) is 0. The van der Waals surface area contributed by atoms with E-state index in [9.17, 15) is 0 Å². The SMILES string of the molecule is CN(Cc1ccccc1)C1C=CCC1. The van der Waals surface area contributed by atoms with Crippen molar-refractivity contribution >= 4 is 0 Å². The molecule has 1 aliphatic carbocycles. The molecule has 1 heteroatoms. The number of allylic oxidation sites excluding steroid dienone is 1. The Labute approximate surface area is 86.1 Å². The highest BCUT2D eigenvalue weighted by molar-refractivity contribution is 5.15. The third-order valence-corrected chi connectivity index (χ3v) is 2.83. The van der Waals surface area contributed by atoms with Crippen LogP contribution in [-0.4, -0.2) is 18.0 Å². The summed E-state index contributed by atoms with van der Waals surface area (Å²) >= 11 is 0. The minimum absolute atomic E-state index is 0.648. The summed E-state index contributed by atoms with van der Waals surface area (Å²) in [6.45, 7) is 1.05. The molecule has 0 aromatic heterocycles. The van der Waals surface area contributed by atoms with Gasteiger partial charge in [-0.1, -0.05) is 42.5 Å². The molecule has 1 nitrogen and oxygen atoms in total. The molecule has 0 N–H and O–H groups in total. The normalized spacial score (nSPS) is 20.6. The van der Waals surface area contributed by atoms with Crippen molar-refractivity contribution in [3.63, 3.8) is 0 Å². The zero-order valence-corrected chi connectivity index (χ0v) is 8.69. The van der Waals surface area contributed by atoms with Crippen LogP contribution in [0.15, 0.2) is 42.5 Å². The van der Waals surface area contributed by atoms with Gasteiger partial charge in [-0.2, -0.15) is 0 Å². The molecule has 0 saturated heterocycles. The van der Waals surface area contributed by atoms with Gasteiger partial charge in [0.1, 0.15) is 0 Å². The molecule has 0 spiro atoms. The average molecular weight is 187 g/mol.